The summed E-state index contributed by atoms with van der Waals surface area (Å²) in [5, 5.41) is 3.41. The summed E-state index contributed by atoms with van der Waals surface area (Å²) in [5.41, 5.74) is 1.01. The van der Waals surface area contributed by atoms with Crippen LogP contribution in [0.4, 0.5) is 0 Å². The van der Waals surface area contributed by atoms with Gasteiger partial charge in [-0.05, 0) is 39.0 Å². The number of benzene rings is 1. The summed E-state index contributed by atoms with van der Waals surface area (Å²) in [7, 11) is 1.64. The van der Waals surface area contributed by atoms with Gasteiger partial charge in [0.15, 0.2) is 0 Å². The third kappa shape index (κ3) is 5.08. The maximum absolute atomic E-state index is 5.85. The number of rotatable bonds is 5. The van der Waals surface area contributed by atoms with Gasteiger partial charge in [-0.2, -0.15) is 0 Å². The molecule has 0 bridgehead atoms. The average molecular weight is 286 g/mol. The van der Waals surface area contributed by atoms with Crippen molar-refractivity contribution in [3.8, 4) is 17.2 Å². The Kier molecular flexibility index (Phi) is 4.81. The summed E-state index contributed by atoms with van der Waals surface area (Å²) in [6.07, 6.45) is 1.76. The molecule has 0 saturated carbocycles. The molecule has 112 valence electrons. The summed E-state index contributed by atoms with van der Waals surface area (Å²) < 4.78 is 11.0. The molecule has 1 N–H and O–H groups in total. The first kappa shape index (κ1) is 15.3. The van der Waals surface area contributed by atoms with Crippen molar-refractivity contribution in [3.63, 3.8) is 0 Å². The smallest absolute Gasteiger partial charge is 0.131 e. The zero-order chi connectivity index (χ0) is 15.3. The van der Waals surface area contributed by atoms with Crippen LogP contribution < -0.4 is 14.8 Å². The van der Waals surface area contributed by atoms with Gasteiger partial charge in [-0.3, -0.25) is 4.98 Å². The van der Waals surface area contributed by atoms with Gasteiger partial charge >= 0.3 is 0 Å². The van der Waals surface area contributed by atoms with Crippen LogP contribution in [0.2, 0.25) is 0 Å². The first-order chi connectivity index (χ1) is 9.96. The van der Waals surface area contributed by atoms with Crippen LogP contribution in [0, 0.1) is 0 Å². The van der Waals surface area contributed by atoms with Crippen LogP contribution in [0.25, 0.3) is 0 Å². The lowest BCUT2D eigenvalue weighted by molar-refractivity contribution is 0.408. The first-order valence-corrected chi connectivity index (χ1v) is 6.98. The van der Waals surface area contributed by atoms with Crippen molar-refractivity contribution in [2.24, 2.45) is 0 Å². The molecule has 2 rings (SSSR count). The topological polar surface area (TPSA) is 43.4 Å². The lowest BCUT2D eigenvalue weighted by atomic mass is 10.1. The van der Waals surface area contributed by atoms with Crippen molar-refractivity contribution in [1.82, 2.24) is 10.3 Å². The molecule has 1 aromatic heterocycles. The number of nitrogens with zero attached hydrogens (tertiary/aromatic N) is 1. The quantitative estimate of drug-likeness (QED) is 0.908. The van der Waals surface area contributed by atoms with Crippen LogP contribution in [-0.4, -0.2) is 17.6 Å². The zero-order valence-electron chi connectivity index (χ0n) is 13.0. The fraction of sp³-hybridized carbons (Fsp3) is 0.353. The van der Waals surface area contributed by atoms with Gasteiger partial charge in [0.2, 0.25) is 0 Å². The largest absolute Gasteiger partial charge is 0.497 e. The number of hydrogen-bond donors (Lipinski definition) is 1. The minimum absolute atomic E-state index is 0.0609. The second kappa shape index (κ2) is 6.59. The van der Waals surface area contributed by atoms with E-state index in [4.69, 9.17) is 9.47 Å². The van der Waals surface area contributed by atoms with Crippen LogP contribution in [0.3, 0.4) is 0 Å². The summed E-state index contributed by atoms with van der Waals surface area (Å²) in [5.74, 6) is 2.29. The second-order valence-corrected chi connectivity index (χ2v) is 5.87. The molecule has 0 unspecified atom stereocenters. The molecule has 0 atom stereocenters. The van der Waals surface area contributed by atoms with Gasteiger partial charge in [0.25, 0.3) is 0 Å². The Hall–Kier alpha value is -2.07. The zero-order valence-corrected chi connectivity index (χ0v) is 13.0. The highest BCUT2D eigenvalue weighted by molar-refractivity contribution is 5.36. The molecular weight excluding hydrogens is 264 g/mol. The molecule has 0 spiro atoms. The third-order valence-corrected chi connectivity index (χ3v) is 2.86. The van der Waals surface area contributed by atoms with E-state index in [2.05, 4.69) is 31.1 Å². The van der Waals surface area contributed by atoms with Crippen molar-refractivity contribution >= 4 is 0 Å². The fourth-order valence-electron chi connectivity index (χ4n) is 1.77. The molecule has 0 fully saturated rings. The van der Waals surface area contributed by atoms with Crippen molar-refractivity contribution < 1.29 is 9.47 Å². The summed E-state index contributed by atoms with van der Waals surface area (Å²) in [4.78, 5) is 4.35. The molecule has 4 heteroatoms. The lowest BCUT2D eigenvalue weighted by Gasteiger charge is -2.20. The molecule has 1 aromatic carbocycles. The van der Waals surface area contributed by atoms with E-state index in [1.807, 2.05) is 36.4 Å². The minimum atomic E-state index is 0.0609. The Morgan fingerprint density at radius 2 is 1.76 bits per heavy atom. The van der Waals surface area contributed by atoms with Crippen molar-refractivity contribution in [1.29, 1.82) is 0 Å². The Balaban J connectivity index is 2.06. The highest BCUT2D eigenvalue weighted by atomic mass is 16.5. The van der Waals surface area contributed by atoms with Crippen molar-refractivity contribution in [2.45, 2.75) is 32.9 Å². The van der Waals surface area contributed by atoms with Gasteiger partial charge in [-0.25, -0.2) is 0 Å². The van der Waals surface area contributed by atoms with Crippen LogP contribution >= 0.6 is 0 Å². The van der Waals surface area contributed by atoms with Crippen LogP contribution in [0.5, 0.6) is 17.2 Å². The third-order valence-electron chi connectivity index (χ3n) is 2.86. The standard InChI is InChI=1S/C17H22N2O2/c1-17(2,3)19-12-13-10-16(8-9-18-13)21-15-7-5-6-14(11-15)20-4/h5-11,19H,12H2,1-4H3. The Morgan fingerprint density at radius 1 is 1.05 bits per heavy atom. The second-order valence-electron chi connectivity index (χ2n) is 5.87. The predicted molar refractivity (Wildman–Crippen MR) is 83.9 cm³/mol. The number of methoxy groups -OCH3 is 1. The van der Waals surface area contributed by atoms with Gasteiger partial charge in [-0.15, -0.1) is 0 Å². The van der Waals surface area contributed by atoms with Crippen LogP contribution in [-0.2, 0) is 6.54 Å². The fourth-order valence-corrected chi connectivity index (χ4v) is 1.77. The number of pyridine rings is 1. The molecule has 0 aliphatic rings. The van der Waals surface area contributed by atoms with Gasteiger partial charge < -0.3 is 14.8 Å². The maximum atomic E-state index is 5.85. The summed E-state index contributed by atoms with van der Waals surface area (Å²) in [6.45, 7) is 7.09. The molecule has 0 aliphatic heterocycles. The Bertz CT molecular complexity index is 591. The van der Waals surface area contributed by atoms with Gasteiger partial charge in [0, 0.05) is 30.4 Å². The van der Waals surface area contributed by atoms with E-state index in [1.165, 1.54) is 0 Å². The van der Waals surface area contributed by atoms with Crippen LogP contribution in [0.1, 0.15) is 26.5 Å². The van der Waals surface area contributed by atoms with Gasteiger partial charge in [0.1, 0.15) is 17.2 Å². The van der Waals surface area contributed by atoms with E-state index >= 15 is 0 Å². The van der Waals surface area contributed by atoms with E-state index < -0.39 is 0 Å². The predicted octanol–water partition coefficient (Wildman–Crippen LogP) is 3.77. The molecule has 21 heavy (non-hydrogen) atoms. The summed E-state index contributed by atoms with van der Waals surface area (Å²) in [6, 6.07) is 11.3. The van der Waals surface area contributed by atoms with Gasteiger partial charge in [0.05, 0.1) is 12.8 Å². The van der Waals surface area contributed by atoms with E-state index in [1.54, 1.807) is 13.3 Å². The molecule has 4 nitrogen and oxygen atoms in total. The molecular formula is C17H22N2O2. The van der Waals surface area contributed by atoms with Crippen molar-refractivity contribution in [3.05, 3.63) is 48.3 Å². The highest BCUT2D eigenvalue weighted by Crippen LogP contribution is 2.25. The minimum Gasteiger partial charge on any atom is -0.497 e. The first-order valence-electron chi connectivity index (χ1n) is 6.98. The highest BCUT2D eigenvalue weighted by Gasteiger charge is 2.09. The average Bonchev–Trinajstić information content (AvgIpc) is 2.45. The number of hydrogen-bond acceptors (Lipinski definition) is 4. The monoisotopic (exact) mass is 286 g/mol. The Morgan fingerprint density at radius 3 is 2.48 bits per heavy atom. The van der Waals surface area contributed by atoms with E-state index in [0.29, 0.717) is 6.54 Å². The van der Waals surface area contributed by atoms with E-state index in [9.17, 15) is 0 Å². The Labute approximate surface area is 126 Å². The molecule has 0 radical (unpaired) electrons. The van der Waals surface area contributed by atoms with Gasteiger partial charge in [-0.1, -0.05) is 6.07 Å². The van der Waals surface area contributed by atoms with E-state index in [-0.39, 0.29) is 5.54 Å². The SMILES string of the molecule is COc1cccc(Oc2ccnc(CNC(C)(C)C)c2)c1. The molecule has 0 saturated heterocycles. The number of ether oxygens (including phenoxy) is 2. The normalized spacial score (nSPS) is 11.2. The number of aromatic nitrogens is 1. The maximum Gasteiger partial charge on any atom is 0.131 e. The number of nitrogens with one attached hydrogen (secondary N) is 1. The van der Waals surface area contributed by atoms with Crippen molar-refractivity contribution in [2.75, 3.05) is 7.11 Å². The molecule has 2 aromatic rings. The van der Waals surface area contributed by atoms with Crippen LogP contribution in [0.15, 0.2) is 42.6 Å². The summed E-state index contributed by atoms with van der Waals surface area (Å²) >= 11 is 0. The van der Waals surface area contributed by atoms with E-state index in [0.717, 1.165) is 22.9 Å². The molecule has 0 aliphatic carbocycles. The molecule has 1 heterocycles. The lowest BCUT2D eigenvalue weighted by Crippen LogP contribution is -2.35. The molecule has 0 amide bonds.